The van der Waals surface area contributed by atoms with Crippen molar-refractivity contribution in [1.82, 2.24) is 0 Å². The van der Waals surface area contributed by atoms with E-state index in [9.17, 15) is 4.79 Å². The van der Waals surface area contributed by atoms with E-state index in [0.717, 1.165) is 0 Å². The van der Waals surface area contributed by atoms with Gasteiger partial charge in [0.2, 0.25) is 6.08 Å². The standard InChI is InChI=1S/C6H7NO2/c1-2-4-9-5-3-7-6-8/h1H,3-5H2. The summed E-state index contributed by atoms with van der Waals surface area (Å²) >= 11 is 0. The highest BCUT2D eigenvalue weighted by atomic mass is 16.5. The summed E-state index contributed by atoms with van der Waals surface area (Å²) in [4.78, 5) is 12.7. The quantitative estimate of drug-likeness (QED) is 0.229. The summed E-state index contributed by atoms with van der Waals surface area (Å²) in [5, 5.41) is 0. The van der Waals surface area contributed by atoms with Crippen LogP contribution in [0.2, 0.25) is 0 Å². The molecule has 0 amide bonds. The molecule has 0 aromatic rings. The number of nitrogens with zero attached hydrogens (tertiary/aromatic N) is 1. The van der Waals surface area contributed by atoms with Crippen LogP contribution in [0, 0.1) is 12.3 Å². The van der Waals surface area contributed by atoms with Crippen LogP contribution in [-0.2, 0) is 9.53 Å². The molecule has 0 spiro atoms. The summed E-state index contributed by atoms with van der Waals surface area (Å²) < 4.78 is 4.78. The lowest BCUT2D eigenvalue weighted by Gasteiger charge is -1.91. The van der Waals surface area contributed by atoms with Gasteiger partial charge in [0.15, 0.2) is 0 Å². The van der Waals surface area contributed by atoms with Crippen molar-refractivity contribution >= 4 is 6.08 Å². The first-order valence-corrected chi connectivity index (χ1v) is 2.46. The monoisotopic (exact) mass is 125 g/mol. The van der Waals surface area contributed by atoms with Gasteiger partial charge in [-0.25, -0.2) is 9.79 Å². The fraction of sp³-hybridized carbons (Fsp3) is 0.500. The fourth-order valence-electron chi connectivity index (χ4n) is 0.287. The predicted molar refractivity (Wildman–Crippen MR) is 32.6 cm³/mol. The molecule has 0 aliphatic heterocycles. The first-order valence-electron chi connectivity index (χ1n) is 2.46. The molecule has 0 fully saturated rings. The lowest BCUT2D eigenvalue weighted by atomic mass is 10.7. The maximum Gasteiger partial charge on any atom is 0.235 e. The number of hydrogen-bond acceptors (Lipinski definition) is 3. The van der Waals surface area contributed by atoms with E-state index in [4.69, 9.17) is 11.2 Å². The summed E-state index contributed by atoms with van der Waals surface area (Å²) in [6, 6.07) is 0. The van der Waals surface area contributed by atoms with Crippen LogP contribution >= 0.6 is 0 Å². The van der Waals surface area contributed by atoms with Crippen molar-refractivity contribution in [2.24, 2.45) is 4.99 Å². The smallest absolute Gasteiger partial charge is 0.235 e. The van der Waals surface area contributed by atoms with Crippen molar-refractivity contribution in [2.45, 2.75) is 0 Å². The Kier molecular flexibility index (Phi) is 6.06. The summed E-state index contributed by atoms with van der Waals surface area (Å²) in [7, 11) is 0. The van der Waals surface area contributed by atoms with Crippen LogP contribution in [0.3, 0.4) is 0 Å². The van der Waals surface area contributed by atoms with E-state index in [1.54, 1.807) is 0 Å². The highest BCUT2D eigenvalue weighted by Gasteiger charge is 1.79. The molecule has 3 nitrogen and oxygen atoms in total. The van der Waals surface area contributed by atoms with E-state index in [1.165, 1.54) is 6.08 Å². The van der Waals surface area contributed by atoms with Crippen molar-refractivity contribution in [3.63, 3.8) is 0 Å². The van der Waals surface area contributed by atoms with E-state index < -0.39 is 0 Å². The number of aliphatic imine (C=N–C) groups is 1. The number of carbonyl (C=O) groups excluding carboxylic acids is 1. The van der Waals surface area contributed by atoms with Crippen molar-refractivity contribution < 1.29 is 9.53 Å². The lowest BCUT2D eigenvalue weighted by Crippen LogP contribution is -1.97. The van der Waals surface area contributed by atoms with Gasteiger partial charge in [-0.15, -0.1) is 6.42 Å². The molecule has 0 aromatic heterocycles. The Morgan fingerprint density at radius 3 is 3.00 bits per heavy atom. The zero-order valence-electron chi connectivity index (χ0n) is 4.96. The molecule has 0 saturated carbocycles. The largest absolute Gasteiger partial charge is 0.367 e. The third-order valence-electron chi connectivity index (χ3n) is 0.597. The van der Waals surface area contributed by atoms with Gasteiger partial charge in [0.1, 0.15) is 6.61 Å². The average Bonchev–Trinajstić information content (AvgIpc) is 1.89. The van der Waals surface area contributed by atoms with Gasteiger partial charge in [-0.05, 0) is 0 Å². The normalized spacial score (nSPS) is 7.44. The van der Waals surface area contributed by atoms with Crippen molar-refractivity contribution in [3.8, 4) is 12.3 Å². The van der Waals surface area contributed by atoms with E-state index >= 15 is 0 Å². The minimum atomic E-state index is 0.272. The van der Waals surface area contributed by atoms with E-state index in [1.807, 2.05) is 0 Å². The zero-order chi connectivity index (χ0) is 6.95. The van der Waals surface area contributed by atoms with Gasteiger partial charge in [0.05, 0.1) is 13.2 Å². The number of isocyanates is 1. The van der Waals surface area contributed by atoms with Gasteiger partial charge in [-0.1, -0.05) is 5.92 Å². The Morgan fingerprint density at radius 1 is 1.67 bits per heavy atom. The molecule has 0 bridgehead atoms. The number of ether oxygens (including phenoxy) is 1. The Morgan fingerprint density at radius 2 is 2.44 bits per heavy atom. The van der Waals surface area contributed by atoms with E-state index in [0.29, 0.717) is 13.2 Å². The second-order valence-corrected chi connectivity index (χ2v) is 1.23. The van der Waals surface area contributed by atoms with Crippen molar-refractivity contribution in [1.29, 1.82) is 0 Å². The molecule has 0 heterocycles. The summed E-state index contributed by atoms with van der Waals surface area (Å²) in [5.74, 6) is 2.28. The first kappa shape index (κ1) is 7.90. The summed E-state index contributed by atoms with van der Waals surface area (Å²) in [6.45, 7) is 0.999. The highest BCUT2D eigenvalue weighted by molar-refractivity contribution is 5.32. The third kappa shape index (κ3) is 6.90. The Bertz CT molecular complexity index is 142. The van der Waals surface area contributed by atoms with Gasteiger partial charge >= 0.3 is 0 Å². The number of rotatable bonds is 4. The second-order valence-electron chi connectivity index (χ2n) is 1.23. The van der Waals surface area contributed by atoms with Crippen LogP contribution in [0.1, 0.15) is 0 Å². The highest BCUT2D eigenvalue weighted by Crippen LogP contribution is 1.72. The van der Waals surface area contributed by atoms with Crippen LogP contribution in [-0.4, -0.2) is 25.8 Å². The molecule has 0 radical (unpaired) electrons. The maximum atomic E-state index is 9.45. The topological polar surface area (TPSA) is 38.7 Å². The second kappa shape index (κ2) is 6.90. The summed E-state index contributed by atoms with van der Waals surface area (Å²) in [6.07, 6.45) is 6.25. The molecule has 9 heavy (non-hydrogen) atoms. The van der Waals surface area contributed by atoms with Gasteiger partial charge in [-0.3, -0.25) is 0 Å². The minimum absolute atomic E-state index is 0.272. The lowest BCUT2D eigenvalue weighted by molar-refractivity contribution is 0.176. The Labute approximate surface area is 53.7 Å². The maximum absolute atomic E-state index is 9.45. The van der Waals surface area contributed by atoms with Crippen LogP contribution in [0.5, 0.6) is 0 Å². The fourth-order valence-corrected chi connectivity index (χ4v) is 0.287. The van der Waals surface area contributed by atoms with E-state index in [2.05, 4.69) is 10.9 Å². The minimum Gasteiger partial charge on any atom is -0.367 e. The Hall–Kier alpha value is -1.10. The summed E-state index contributed by atoms with van der Waals surface area (Å²) in [5.41, 5.74) is 0. The molecule has 0 N–H and O–H groups in total. The average molecular weight is 125 g/mol. The van der Waals surface area contributed by atoms with Gasteiger partial charge in [0, 0.05) is 0 Å². The molecule has 48 valence electrons. The SMILES string of the molecule is C#CCOCCN=C=O. The van der Waals surface area contributed by atoms with Crippen LogP contribution in [0.4, 0.5) is 0 Å². The molecule has 0 saturated heterocycles. The van der Waals surface area contributed by atoms with E-state index in [-0.39, 0.29) is 6.61 Å². The molecule has 0 aromatic carbocycles. The van der Waals surface area contributed by atoms with Gasteiger partial charge in [-0.2, -0.15) is 0 Å². The number of terminal acetylenes is 1. The number of hydrogen-bond donors (Lipinski definition) is 0. The third-order valence-corrected chi connectivity index (χ3v) is 0.597. The van der Waals surface area contributed by atoms with Gasteiger partial charge < -0.3 is 4.74 Å². The van der Waals surface area contributed by atoms with Crippen molar-refractivity contribution in [2.75, 3.05) is 19.8 Å². The van der Waals surface area contributed by atoms with Crippen molar-refractivity contribution in [3.05, 3.63) is 0 Å². The van der Waals surface area contributed by atoms with Gasteiger partial charge in [0.25, 0.3) is 0 Å². The zero-order valence-corrected chi connectivity index (χ0v) is 4.96. The molecule has 0 unspecified atom stereocenters. The molecular weight excluding hydrogens is 118 g/mol. The van der Waals surface area contributed by atoms with Crippen LogP contribution in [0.15, 0.2) is 4.99 Å². The first-order chi connectivity index (χ1) is 4.41. The molecular formula is C6H7NO2. The van der Waals surface area contributed by atoms with Crippen LogP contribution < -0.4 is 0 Å². The molecule has 3 heteroatoms. The Balaban J connectivity index is 2.93. The predicted octanol–water partition coefficient (Wildman–Crippen LogP) is -0.0280. The molecule has 0 atom stereocenters. The molecule has 0 aliphatic rings. The molecule has 0 rings (SSSR count). The molecule has 0 aliphatic carbocycles. The van der Waals surface area contributed by atoms with Crippen LogP contribution in [0.25, 0.3) is 0 Å².